The van der Waals surface area contributed by atoms with Gasteiger partial charge in [0.25, 0.3) is 30.4 Å². The maximum Gasteiger partial charge on any atom is 0.397 e. The van der Waals surface area contributed by atoms with Crippen LogP contribution in [0.3, 0.4) is 0 Å². The van der Waals surface area contributed by atoms with E-state index in [2.05, 4.69) is 49.6 Å². The van der Waals surface area contributed by atoms with Gasteiger partial charge in [-0.1, -0.05) is 29.8 Å². The van der Waals surface area contributed by atoms with Crippen molar-refractivity contribution in [2.45, 2.75) is 26.5 Å². The largest absolute Gasteiger partial charge is 0.505 e. The monoisotopic (exact) mass is 1060 g/mol. The number of hydrogen-bond donors (Lipinski definition) is 8. The van der Waals surface area contributed by atoms with Gasteiger partial charge in [0, 0.05) is 5.02 Å². The minimum absolute atomic E-state index is 0.0752. The van der Waals surface area contributed by atoms with Gasteiger partial charge >= 0.3 is 10.4 Å². The lowest BCUT2D eigenvalue weighted by Crippen LogP contribution is -2.26. The maximum atomic E-state index is 13.0. The highest BCUT2D eigenvalue weighted by molar-refractivity contribution is 7.91. The van der Waals surface area contributed by atoms with Gasteiger partial charge in [0.1, 0.15) is 37.4 Å². The van der Waals surface area contributed by atoms with Crippen molar-refractivity contribution in [1.29, 1.82) is 0 Å². The molecule has 0 bridgehead atoms. The minimum Gasteiger partial charge on any atom is -0.505 e. The predicted molar refractivity (Wildman–Crippen MR) is 235 cm³/mol. The van der Waals surface area contributed by atoms with Gasteiger partial charge < -0.3 is 15.8 Å². The molecule has 5 aromatic carbocycles. The third-order valence-electron chi connectivity index (χ3n) is 8.68. The summed E-state index contributed by atoms with van der Waals surface area (Å²) in [6.45, 7) is 0.737. The van der Waals surface area contributed by atoms with E-state index in [0.29, 0.717) is 22.8 Å². The second-order valence-corrected chi connectivity index (χ2v) is 21.4. The molecule has 0 spiro atoms. The Morgan fingerprint density at radius 3 is 1.88 bits per heavy atom. The van der Waals surface area contributed by atoms with E-state index in [1.54, 1.807) is 25.1 Å². The molecule has 0 aliphatic rings. The molecule has 0 saturated heterocycles. The molecule has 354 valence electrons. The Kier molecular flexibility index (Phi) is 14.2. The lowest BCUT2D eigenvalue weighted by Gasteiger charge is -2.14. The van der Waals surface area contributed by atoms with Gasteiger partial charge in [-0.3, -0.25) is 23.2 Å². The number of nitrogens with zero attached hydrogens (tertiary/aromatic N) is 7. The average molecular weight is 1060 g/mol. The summed E-state index contributed by atoms with van der Waals surface area (Å²) in [6, 6.07) is 13.3. The molecule has 1 aromatic heterocycles. The molecule has 26 nitrogen and oxygen atoms in total. The minimum atomic E-state index is -5.48. The first kappa shape index (κ1) is 50.3. The van der Waals surface area contributed by atoms with Crippen LogP contribution in [0.5, 0.6) is 5.75 Å². The van der Waals surface area contributed by atoms with Crippen LogP contribution in [0.2, 0.25) is 10.3 Å². The number of nitrogens with one attached hydrogen (secondary N) is 2. The normalized spacial score (nSPS) is 13.7. The molecule has 0 aliphatic carbocycles. The van der Waals surface area contributed by atoms with Crippen LogP contribution < -0.4 is 17.0 Å². The first-order valence-electron chi connectivity index (χ1n) is 17.7. The van der Waals surface area contributed by atoms with E-state index in [4.69, 9.17) is 33.5 Å². The van der Waals surface area contributed by atoms with Crippen molar-refractivity contribution in [3.8, 4) is 5.75 Å². The van der Waals surface area contributed by atoms with E-state index in [1.807, 2.05) is 0 Å². The quantitative estimate of drug-likeness (QED) is 0.0383. The number of halogens is 2. The fraction of sp³-hybridized carbons (Fsp3) is 0.0882. The number of aryl methyl sites for hydroxylation is 1. The van der Waals surface area contributed by atoms with Crippen LogP contribution in [-0.2, 0) is 54.8 Å². The van der Waals surface area contributed by atoms with E-state index in [-0.39, 0.29) is 22.2 Å². The van der Waals surface area contributed by atoms with Crippen molar-refractivity contribution in [2.24, 2.45) is 30.4 Å². The number of nitrogen functional groups attached to an aromatic ring is 1. The topological polar surface area (TPSA) is 426 Å². The Morgan fingerprint density at radius 1 is 0.672 bits per heavy atom. The fourth-order valence-corrected chi connectivity index (χ4v) is 9.65. The Labute approximate surface area is 387 Å². The van der Waals surface area contributed by atoms with Gasteiger partial charge in [-0.2, -0.15) is 38.7 Å². The number of fused-ring (bicyclic) bond motifs is 1. The van der Waals surface area contributed by atoms with Crippen molar-refractivity contribution in [2.75, 3.05) is 18.1 Å². The lowest BCUT2D eigenvalue weighted by molar-refractivity contribution is 0.284. The highest BCUT2D eigenvalue weighted by atomic mass is 35.5. The number of phenols is 1. The number of hydrogen-bond acceptors (Lipinski definition) is 20. The fourth-order valence-electron chi connectivity index (χ4n) is 5.74. The number of aromatic hydroxyl groups is 1. The Hall–Kier alpha value is -6.10. The molecule has 0 radical (unpaired) electrons. The van der Waals surface area contributed by atoms with E-state index in [9.17, 15) is 60.9 Å². The van der Waals surface area contributed by atoms with Crippen molar-refractivity contribution < 1.29 is 69.6 Å². The summed E-state index contributed by atoms with van der Waals surface area (Å²) in [5.74, 6) is -2.32. The molecule has 6 rings (SSSR count). The lowest BCUT2D eigenvalue weighted by atomic mass is 10.1. The molecule has 33 heteroatoms. The van der Waals surface area contributed by atoms with Gasteiger partial charge in [0.05, 0.1) is 39.7 Å². The van der Waals surface area contributed by atoms with E-state index >= 15 is 0 Å². The summed E-state index contributed by atoms with van der Waals surface area (Å²) in [6.07, 6.45) is 0. The molecule has 67 heavy (non-hydrogen) atoms. The summed E-state index contributed by atoms with van der Waals surface area (Å²) in [7, 11) is -25.5. The summed E-state index contributed by atoms with van der Waals surface area (Å²) in [4.78, 5) is 13.9. The molecule has 1 heterocycles. The third kappa shape index (κ3) is 12.1. The predicted octanol–water partition coefficient (Wildman–Crippen LogP) is 5.42. The summed E-state index contributed by atoms with van der Waals surface area (Å²) in [5.41, 5.74) is 2.72. The van der Waals surface area contributed by atoms with Crippen LogP contribution >= 0.6 is 23.2 Å². The number of nitrogens with two attached hydrogens (primary N) is 1. The molecule has 6 aromatic rings. The Bertz CT molecular complexity index is 3830. The molecule has 9 N–H and O–H groups in total. The standard InChI is InChI=1S/C34H28Cl2N10O16S5/c1-16-6-7-18(14-20(16)35)38-33-40-32(36)41-34(42-33)39-19-8-9-24(64(50,51)52)22(15-19)44-46-30-26(66(56,57)58)13-17-12-25(65(53,54)55)29(28(37)27(17)31(30)47)45-43-21-4-2-3-5-23(21)63(48,49)11-10-62-67(59,60)61/h2-9,12-15,47H,10-11,37H2,1H3,(H,50,51,52)(H,53,54,55)(H,56,57,58)(H,59,60,61)(H2,38,39,40,41,42). The summed E-state index contributed by atoms with van der Waals surface area (Å²) in [5, 5.41) is 25.2. The second kappa shape index (κ2) is 18.9. The Morgan fingerprint density at radius 2 is 1.25 bits per heavy atom. The molecular weight excluding hydrogens is 1040 g/mol. The van der Waals surface area contributed by atoms with Gasteiger partial charge in [-0.05, 0) is 84.1 Å². The number of azo groups is 2. The number of rotatable bonds is 14. The van der Waals surface area contributed by atoms with Crippen molar-refractivity contribution in [3.05, 3.63) is 99.9 Å². The molecular formula is C34H28Cl2N10O16S5. The number of anilines is 1. The van der Waals surface area contributed by atoms with E-state index in [0.717, 1.165) is 35.9 Å². The number of phenolic OH excluding ortho intramolecular Hbond substituents is 1. The molecule has 0 amide bonds. The van der Waals surface area contributed by atoms with Crippen LogP contribution in [0.25, 0.3) is 10.8 Å². The van der Waals surface area contributed by atoms with Crippen molar-refractivity contribution >= 4 is 124 Å². The summed E-state index contributed by atoms with van der Waals surface area (Å²) >= 11 is 12.3. The zero-order valence-corrected chi connectivity index (χ0v) is 38.7. The number of sulfone groups is 1. The molecule has 0 aliphatic heterocycles. The van der Waals surface area contributed by atoms with Crippen LogP contribution in [0.1, 0.15) is 5.56 Å². The number of aromatic nitrogens is 3. The number of benzene rings is 5. The van der Waals surface area contributed by atoms with Gasteiger partial charge in [-0.15, -0.1) is 20.5 Å². The zero-order valence-electron chi connectivity index (χ0n) is 33.1. The first-order chi connectivity index (χ1) is 31.0. The maximum absolute atomic E-state index is 13.0. The van der Waals surface area contributed by atoms with E-state index in [1.165, 1.54) is 12.1 Å². The third-order valence-corrected chi connectivity index (χ3v) is 14.1. The number of H-pyrrole nitrogens is 2. The Balaban J connectivity index is 1.51. The highest BCUT2D eigenvalue weighted by Crippen LogP contribution is 2.48. The average Bonchev–Trinajstić information content (AvgIpc) is 3.19. The smallest absolute Gasteiger partial charge is 0.397 e. The summed E-state index contributed by atoms with van der Waals surface area (Å²) < 4.78 is 167. The number of aromatic amines is 2. The van der Waals surface area contributed by atoms with Gasteiger partial charge in [0.15, 0.2) is 15.6 Å². The second-order valence-electron chi connectivity index (χ2n) is 13.3. The molecule has 0 unspecified atom stereocenters. The van der Waals surface area contributed by atoms with Crippen LogP contribution in [0.4, 0.5) is 39.8 Å². The van der Waals surface area contributed by atoms with Crippen LogP contribution in [0, 0.1) is 6.92 Å². The van der Waals surface area contributed by atoms with Gasteiger partial charge in [0.2, 0.25) is 16.5 Å². The van der Waals surface area contributed by atoms with Crippen molar-refractivity contribution in [3.63, 3.8) is 0 Å². The zero-order chi connectivity index (χ0) is 49.4. The first-order valence-corrected chi connectivity index (χ1v) is 25.8. The van der Waals surface area contributed by atoms with Crippen LogP contribution in [-0.4, -0.2) is 92.7 Å². The highest BCUT2D eigenvalue weighted by Gasteiger charge is 2.29. The van der Waals surface area contributed by atoms with Crippen molar-refractivity contribution in [1.82, 2.24) is 15.0 Å². The van der Waals surface area contributed by atoms with E-state index < -0.39 is 127 Å². The SMILES string of the molecule is Cc1ccc(N=c2nc(Cl)[nH]c(=Nc3ccc(S(=O)(=O)O)c(N=Nc4c(S(=O)(=O)O)cc5cc(S(=O)(=O)O)c(N=Nc6ccccc6S(=O)(=O)CCOS(=O)(=O)O)c(N)c5c4O)c3)[nH]2)cc1Cl. The molecule has 0 atom stereocenters. The molecule has 0 fully saturated rings. The van der Waals surface area contributed by atoms with Gasteiger partial charge in [-0.25, -0.2) is 22.6 Å². The van der Waals surface area contributed by atoms with Crippen LogP contribution in [0.15, 0.2) is 123 Å². The molecule has 0 saturated carbocycles.